The molecule has 3 rings (SSSR count). The molecule has 0 heterocycles. The lowest BCUT2D eigenvalue weighted by Gasteiger charge is -2.18. The van der Waals surface area contributed by atoms with E-state index in [1.54, 1.807) is 26.0 Å². The van der Waals surface area contributed by atoms with Gasteiger partial charge in [-0.3, -0.25) is 0 Å². The van der Waals surface area contributed by atoms with E-state index in [9.17, 15) is 14.7 Å². The fraction of sp³-hybridized carbons (Fsp3) is 0.314. The van der Waals surface area contributed by atoms with Crippen LogP contribution in [-0.4, -0.2) is 23.7 Å². The Labute approximate surface area is 238 Å². The van der Waals surface area contributed by atoms with Gasteiger partial charge in [-0.25, -0.2) is 9.59 Å². The maximum atomic E-state index is 12.5. The van der Waals surface area contributed by atoms with Crippen LogP contribution in [-0.2, 0) is 28.9 Å². The summed E-state index contributed by atoms with van der Waals surface area (Å²) in [5.74, 6) is -0.542. The van der Waals surface area contributed by atoms with Gasteiger partial charge in [0.2, 0.25) is 0 Å². The zero-order valence-electron chi connectivity index (χ0n) is 24.1. The number of aliphatic hydroxyl groups excluding tert-OH is 1. The molecule has 0 atom stereocenters. The summed E-state index contributed by atoms with van der Waals surface area (Å²) in [6.07, 6.45) is 5.74. The van der Waals surface area contributed by atoms with Crippen LogP contribution in [0.25, 0.3) is 22.3 Å². The molecule has 0 saturated heterocycles. The quantitative estimate of drug-likeness (QED) is 0.104. The molecule has 0 fully saturated rings. The fourth-order valence-electron chi connectivity index (χ4n) is 4.46. The third-order valence-corrected chi connectivity index (χ3v) is 6.78. The average Bonchev–Trinajstić information content (AvgIpc) is 2.94. The summed E-state index contributed by atoms with van der Waals surface area (Å²) in [6, 6.07) is 18.2. The molecule has 5 heteroatoms. The van der Waals surface area contributed by atoms with Crippen LogP contribution >= 0.6 is 0 Å². The summed E-state index contributed by atoms with van der Waals surface area (Å²) in [6.45, 7) is 14.7. The molecule has 3 aromatic rings. The second kappa shape index (κ2) is 14.4. The minimum atomic E-state index is -0.570. The number of hydrogen-bond donors (Lipinski definition) is 1. The van der Waals surface area contributed by atoms with Crippen LogP contribution in [0.15, 0.2) is 78.9 Å². The highest BCUT2D eigenvalue weighted by molar-refractivity contribution is 5.92. The molecule has 0 bridgehead atoms. The summed E-state index contributed by atoms with van der Waals surface area (Å²) in [7, 11) is 0. The van der Waals surface area contributed by atoms with Crippen molar-refractivity contribution in [3.63, 3.8) is 0 Å². The number of rotatable bonds is 13. The van der Waals surface area contributed by atoms with Gasteiger partial charge >= 0.3 is 11.9 Å². The van der Waals surface area contributed by atoms with E-state index in [0.29, 0.717) is 16.9 Å². The van der Waals surface area contributed by atoms with Crippen LogP contribution in [0.5, 0.6) is 11.5 Å². The van der Waals surface area contributed by atoms with E-state index in [-0.39, 0.29) is 29.9 Å². The van der Waals surface area contributed by atoms with Crippen LogP contribution in [0.3, 0.4) is 0 Å². The van der Waals surface area contributed by atoms with Gasteiger partial charge in [0, 0.05) is 28.9 Å². The van der Waals surface area contributed by atoms with E-state index in [1.165, 1.54) is 24.8 Å². The predicted molar refractivity (Wildman–Crippen MR) is 162 cm³/mol. The van der Waals surface area contributed by atoms with Crippen LogP contribution < -0.4 is 9.47 Å². The van der Waals surface area contributed by atoms with Crippen LogP contribution in [0.4, 0.5) is 0 Å². The molecule has 3 aromatic carbocycles. The van der Waals surface area contributed by atoms with E-state index in [0.717, 1.165) is 35.1 Å². The van der Waals surface area contributed by atoms with E-state index in [1.807, 2.05) is 6.07 Å². The first-order valence-corrected chi connectivity index (χ1v) is 13.9. The molecular formula is C35H40O5. The largest absolute Gasteiger partial charge is 0.423 e. The van der Waals surface area contributed by atoms with Gasteiger partial charge in [-0.1, -0.05) is 82.3 Å². The molecule has 0 spiro atoms. The van der Waals surface area contributed by atoms with Gasteiger partial charge in [0.25, 0.3) is 0 Å². The molecule has 0 aromatic heterocycles. The number of hydrogen-bond acceptors (Lipinski definition) is 5. The number of unbranched alkanes of at least 4 members (excludes halogenated alkanes) is 2. The molecule has 0 aliphatic rings. The van der Waals surface area contributed by atoms with E-state index in [4.69, 9.17) is 9.47 Å². The minimum Gasteiger partial charge on any atom is -0.423 e. The Balaban J connectivity index is 2.09. The number of aryl methyl sites for hydroxylation is 2. The first kappa shape index (κ1) is 30.6. The summed E-state index contributed by atoms with van der Waals surface area (Å²) < 4.78 is 11.3. The SMILES string of the molecule is C=C(C)C(=O)Oc1cc(-c2ccc(-c3ccc(CCCCC)cc3)c(CC)c2)c(OC(=O)C(=C)C)cc1CCO. The van der Waals surface area contributed by atoms with Crippen LogP contribution in [0.1, 0.15) is 63.6 Å². The maximum Gasteiger partial charge on any atom is 0.338 e. The zero-order chi connectivity index (χ0) is 29.2. The van der Waals surface area contributed by atoms with Crippen molar-refractivity contribution in [2.45, 2.75) is 66.2 Å². The number of carbonyl (C=O) groups is 2. The Kier molecular flexibility index (Phi) is 11.0. The van der Waals surface area contributed by atoms with E-state index >= 15 is 0 Å². The molecule has 5 nitrogen and oxygen atoms in total. The van der Waals surface area contributed by atoms with Crippen molar-refractivity contribution in [2.75, 3.05) is 6.61 Å². The molecule has 210 valence electrons. The number of esters is 2. The van der Waals surface area contributed by atoms with Crippen LogP contribution in [0.2, 0.25) is 0 Å². The Morgan fingerprint density at radius 2 is 1.35 bits per heavy atom. The topological polar surface area (TPSA) is 72.8 Å². The fourth-order valence-corrected chi connectivity index (χ4v) is 4.46. The van der Waals surface area contributed by atoms with Crippen molar-refractivity contribution in [3.8, 4) is 33.8 Å². The molecule has 0 aliphatic carbocycles. The molecule has 40 heavy (non-hydrogen) atoms. The Bertz CT molecular complexity index is 1380. The number of ether oxygens (including phenoxy) is 2. The number of carbonyl (C=O) groups excluding carboxylic acids is 2. The van der Waals surface area contributed by atoms with Gasteiger partial charge < -0.3 is 14.6 Å². The predicted octanol–water partition coefficient (Wildman–Crippen LogP) is 7.81. The van der Waals surface area contributed by atoms with E-state index in [2.05, 4.69) is 63.4 Å². The zero-order valence-corrected chi connectivity index (χ0v) is 24.1. The summed E-state index contributed by atoms with van der Waals surface area (Å²) in [5, 5.41) is 9.63. The van der Waals surface area contributed by atoms with Crippen molar-refractivity contribution in [2.24, 2.45) is 0 Å². The van der Waals surface area contributed by atoms with Crippen LogP contribution in [0, 0.1) is 0 Å². The maximum absolute atomic E-state index is 12.5. The van der Waals surface area contributed by atoms with Crippen molar-refractivity contribution in [3.05, 3.63) is 95.6 Å². The summed E-state index contributed by atoms with van der Waals surface area (Å²) >= 11 is 0. The average molecular weight is 541 g/mol. The Morgan fingerprint density at radius 1 is 0.725 bits per heavy atom. The standard InChI is InChI=1S/C35H40O5/c1-7-9-10-11-25-12-14-27(15-13-25)30-17-16-28(20-26(30)8-2)31-22-32(39-34(37)23(3)4)29(18-19-36)21-33(31)40-35(38)24(5)6/h12-17,20-22,36H,3,5,7-11,18-19H2,1-2,4,6H3. The van der Waals surface area contributed by atoms with E-state index < -0.39 is 11.9 Å². The first-order chi connectivity index (χ1) is 19.2. The molecular weight excluding hydrogens is 500 g/mol. The highest BCUT2D eigenvalue weighted by atomic mass is 16.5. The van der Waals surface area contributed by atoms with Gasteiger partial charge in [-0.15, -0.1) is 0 Å². The highest BCUT2D eigenvalue weighted by Gasteiger charge is 2.20. The van der Waals surface area contributed by atoms with Crippen molar-refractivity contribution >= 4 is 11.9 Å². The normalized spacial score (nSPS) is 10.7. The smallest absolute Gasteiger partial charge is 0.338 e. The second-order valence-corrected chi connectivity index (χ2v) is 10.1. The molecule has 0 saturated carbocycles. The Hall–Kier alpha value is -3.96. The van der Waals surface area contributed by atoms with Gasteiger partial charge in [-0.2, -0.15) is 0 Å². The Morgan fingerprint density at radius 3 is 1.93 bits per heavy atom. The minimum absolute atomic E-state index is 0.170. The molecule has 0 amide bonds. The number of benzene rings is 3. The van der Waals surface area contributed by atoms with Gasteiger partial charge in [0.1, 0.15) is 11.5 Å². The lowest BCUT2D eigenvalue weighted by molar-refractivity contribution is -0.131. The van der Waals surface area contributed by atoms with Crippen molar-refractivity contribution in [1.29, 1.82) is 0 Å². The lowest BCUT2D eigenvalue weighted by Crippen LogP contribution is -2.12. The number of aliphatic hydroxyl groups is 1. The third-order valence-electron chi connectivity index (χ3n) is 6.78. The monoisotopic (exact) mass is 540 g/mol. The van der Waals surface area contributed by atoms with Gasteiger partial charge in [0.15, 0.2) is 0 Å². The molecule has 0 aliphatic heterocycles. The summed E-state index contributed by atoms with van der Waals surface area (Å²) in [4.78, 5) is 24.9. The lowest BCUT2D eigenvalue weighted by atomic mass is 9.92. The molecule has 1 N–H and O–H groups in total. The third kappa shape index (κ3) is 7.80. The van der Waals surface area contributed by atoms with Gasteiger partial charge in [0.05, 0.1) is 0 Å². The van der Waals surface area contributed by atoms with Gasteiger partial charge in [-0.05, 0) is 79.5 Å². The van der Waals surface area contributed by atoms with Crippen molar-refractivity contribution < 1.29 is 24.2 Å². The molecule has 0 radical (unpaired) electrons. The van der Waals surface area contributed by atoms with Crippen molar-refractivity contribution in [1.82, 2.24) is 0 Å². The summed E-state index contributed by atoms with van der Waals surface area (Å²) in [5.41, 5.74) is 7.21. The second-order valence-electron chi connectivity index (χ2n) is 10.1. The molecule has 0 unspecified atom stereocenters. The first-order valence-electron chi connectivity index (χ1n) is 13.9. The highest BCUT2D eigenvalue weighted by Crippen LogP contribution is 2.39.